The first-order valence-electron chi connectivity index (χ1n) is 19.4. The number of rotatable bonds is 5. The first-order chi connectivity index (χ1) is 28.3. The highest BCUT2D eigenvalue weighted by atomic mass is 16.3. The van der Waals surface area contributed by atoms with Crippen LogP contribution in [0.1, 0.15) is 0 Å². The number of aromatic nitrogens is 3. The largest absolute Gasteiger partial charge is 0.454 e. The van der Waals surface area contributed by atoms with Gasteiger partial charge in [0.1, 0.15) is 5.58 Å². The molecule has 0 atom stereocenters. The van der Waals surface area contributed by atoms with Crippen molar-refractivity contribution >= 4 is 65.6 Å². The predicted octanol–water partition coefficient (Wildman–Crippen LogP) is 14.2. The van der Waals surface area contributed by atoms with Crippen molar-refractivity contribution in [2.75, 3.05) is 0 Å². The number of nitrogens with zero attached hydrogens (tertiary/aromatic N) is 3. The van der Waals surface area contributed by atoms with E-state index in [1.165, 1.54) is 21.5 Å². The van der Waals surface area contributed by atoms with Crippen molar-refractivity contribution in [1.29, 1.82) is 0 Å². The van der Waals surface area contributed by atoms with Crippen molar-refractivity contribution in [2.45, 2.75) is 0 Å². The van der Waals surface area contributed by atoms with E-state index in [2.05, 4.69) is 197 Å². The second kappa shape index (κ2) is 12.4. The number of para-hydroxylation sites is 6. The van der Waals surface area contributed by atoms with Gasteiger partial charge in [0.15, 0.2) is 5.58 Å². The molecular formula is C53H33N3O. The minimum Gasteiger partial charge on any atom is -0.454 e. The van der Waals surface area contributed by atoms with E-state index in [1.54, 1.807) is 0 Å². The highest BCUT2D eigenvalue weighted by Gasteiger charge is 2.24. The maximum Gasteiger partial charge on any atom is 0.159 e. The highest BCUT2D eigenvalue weighted by Crippen LogP contribution is 2.46. The van der Waals surface area contributed by atoms with Gasteiger partial charge in [0.25, 0.3) is 0 Å². The summed E-state index contributed by atoms with van der Waals surface area (Å²) >= 11 is 0. The third-order valence-electron chi connectivity index (χ3n) is 11.5. The minimum atomic E-state index is 0.870. The van der Waals surface area contributed by atoms with Gasteiger partial charge >= 0.3 is 0 Å². The molecule has 266 valence electrons. The van der Waals surface area contributed by atoms with Crippen LogP contribution in [-0.2, 0) is 0 Å². The second-order valence-corrected chi connectivity index (χ2v) is 14.7. The minimum absolute atomic E-state index is 0.870. The lowest BCUT2D eigenvalue weighted by Crippen LogP contribution is -1.98. The van der Waals surface area contributed by atoms with Crippen LogP contribution in [0.25, 0.3) is 111 Å². The van der Waals surface area contributed by atoms with Crippen LogP contribution in [0.15, 0.2) is 205 Å². The van der Waals surface area contributed by atoms with E-state index >= 15 is 0 Å². The van der Waals surface area contributed by atoms with Gasteiger partial charge < -0.3 is 13.6 Å². The zero-order chi connectivity index (χ0) is 37.5. The Kier molecular flexibility index (Phi) is 6.89. The van der Waals surface area contributed by atoms with E-state index < -0.39 is 0 Å². The molecule has 0 amide bonds. The van der Waals surface area contributed by atoms with Gasteiger partial charge in [-0.15, -0.1) is 0 Å². The molecule has 0 fully saturated rings. The van der Waals surface area contributed by atoms with Crippen LogP contribution in [0.2, 0.25) is 0 Å². The summed E-state index contributed by atoms with van der Waals surface area (Å²) in [6.07, 6.45) is 0. The molecule has 0 bridgehead atoms. The van der Waals surface area contributed by atoms with E-state index in [1.807, 2.05) is 12.1 Å². The summed E-state index contributed by atoms with van der Waals surface area (Å²) < 4.78 is 11.5. The highest BCUT2D eigenvalue weighted by molar-refractivity contribution is 6.18. The van der Waals surface area contributed by atoms with Crippen LogP contribution in [0, 0.1) is 0 Å². The first-order valence-corrected chi connectivity index (χ1v) is 19.4. The molecule has 0 saturated carbocycles. The molecule has 4 heteroatoms. The number of pyridine rings is 1. The van der Waals surface area contributed by atoms with Crippen LogP contribution in [-0.4, -0.2) is 14.1 Å². The van der Waals surface area contributed by atoms with Crippen molar-refractivity contribution in [3.8, 4) is 45.0 Å². The Morgan fingerprint density at radius 2 is 0.982 bits per heavy atom. The van der Waals surface area contributed by atoms with Crippen molar-refractivity contribution < 1.29 is 4.42 Å². The number of hydrogen-bond donors (Lipinski definition) is 0. The molecule has 0 radical (unpaired) electrons. The average molecular weight is 728 g/mol. The molecule has 0 aliphatic rings. The van der Waals surface area contributed by atoms with Crippen molar-refractivity contribution in [3.63, 3.8) is 0 Å². The van der Waals surface area contributed by atoms with Gasteiger partial charge in [0.05, 0.1) is 39.1 Å². The SMILES string of the molecule is c1ccc(-c2cccc(-c3cc4c(cc3-c3cccc5c6ccccc6n(-c6cccc7c6oc6ccccc67)c35)c3ccccc3n4-c3ccccc3)n2)cc1. The second-order valence-electron chi connectivity index (χ2n) is 14.7. The predicted molar refractivity (Wildman–Crippen MR) is 237 cm³/mol. The number of benzene rings is 8. The van der Waals surface area contributed by atoms with E-state index in [0.29, 0.717) is 0 Å². The van der Waals surface area contributed by atoms with Gasteiger partial charge in [-0.05, 0) is 66.2 Å². The van der Waals surface area contributed by atoms with Crippen molar-refractivity contribution in [1.82, 2.24) is 14.1 Å². The Balaban J connectivity index is 1.23. The summed E-state index contributed by atoms with van der Waals surface area (Å²) in [6.45, 7) is 0. The van der Waals surface area contributed by atoms with E-state index in [0.717, 1.165) is 89.0 Å². The molecule has 0 aliphatic carbocycles. The number of hydrogen-bond acceptors (Lipinski definition) is 2. The van der Waals surface area contributed by atoms with Crippen LogP contribution in [0.5, 0.6) is 0 Å². The van der Waals surface area contributed by atoms with Gasteiger partial charge in [-0.25, -0.2) is 4.98 Å². The Labute approximate surface area is 328 Å². The number of furan rings is 1. The normalized spacial score (nSPS) is 11.9. The smallest absolute Gasteiger partial charge is 0.159 e. The average Bonchev–Trinajstić information content (AvgIpc) is 3.94. The topological polar surface area (TPSA) is 35.9 Å². The quantitative estimate of drug-likeness (QED) is 0.177. The summed E-state index contributed by atoms with van der Waals surface area (Å²) in [6, 6.07) is 71.3. The Morgan fingerprint density at radius 3 is 1.81 bits per heavy atom. The van der Waals surface area contributed by atoms with Crippen LogP contribution >= 0.6 is 0 Å². The monoisotopic (exact) mass is 727 g/mol. The Bertz CT molecular complexity index is 3520. The summed E-state index contributed by atoms with van der Waals surface area (Å²) in [7, 11) is 0. The van der Waals surface area contributed by atoms with E-state index in [-0.39, 0.29) is 0 Å². The van der Waals surface area contributed by atoms with E-state index in [9.17, 15) is 0 Å². The molecular weight excluding hydrogens is 695 g/mol. The summed E-state index contributed by atoms with van der Waals surface area (Å²) in [5.41, 5.74) is 14.7. The molecule has 8 aromatic carbocycles. The molecule has 12 rings (SSSR count). The summed E-state index contributed by atoms with van der Waals surface area (Å²) in [4.78, 5) is 5.40. The molecule has 4 aromatic heterocycles. The van der Waals surface area contributed by atoms with Gasteiger partial charge in [-0.3, -0.25) is 0 Å². The molecule has 4 heterocycles. The Hall–Kier alpha value is -7.69. The maximum absolute atomic E-state index is 6.72. The van der Waals surface area contributed by atoms with Gasteiger partial charge in [0.2, 0.25) is 0 Å². The fourth-order valence-corrected chi connectivity index (χ4v) is 9.05. The summed E-state index contributed by atoms with van der Waals surface area (Å²) in [5.74, 6) is 0. The van der Waals surface area contributed by atoms with Crippen molar-refractivity contribution in [2.24, 2.45) is 0 Å². The van der Waals surface area contributed by atoms with E-state index in [4.69, 9.17) is 9.40 Å². The maximum atomic E-state index is 6.72. The number of fused-ring (bicyclic) bond motifs is 9. The third kappa shape index (κ3) is 4.77. The molecule has 0 spiro atoms. The zero-order valence-corrected chi connectivity index (χ0v) is 30.8. The molecule has 57 heavy (non-hydrogen) atoms. The Morgan fingerprint density at radius 1 is 0.368 bits per heavy atom. The van der Waals surface area contributed by atoms with Crippen LogP contribution < -0.4 is 0 Å². The fraction of sp³-hybridized carbons (Fsp3) is 0. The first kappa shape index (κ1) is 31.6. The lowest BCUT2D eigenvalue weighted by Gasteiger charge is -2.16. The standard InChI is InChI=1S/C53H33N3O/c1-3-16-34(17-4-1)45-26-15-27-46(54-45)43-33-50-44(37-21-8-10-28-47(37)55(50)35-18-5-2-6-19-35)32-42(43)40-24-13-23-39-36-20-7-11-29-48(36)56(52(39)40)49-30-14-25-41-38-22-9-12-31-51(38)57-53(41)49/h1-33H. The van der Waals surface area contributed by atoms with Crippen molar-refractivity contribution in [3.05, 3.63) is 200 Å². The molecule has 12 aromatic rings. The molecule has 0 aliphatic heterocycles. The molecule has 0 N–H and O–H groups in total. The van der Waals surface area contributed by atoms with Crippen LogP contribution in [0.3, 0.4) is 0 Å². The molecule has 0 saturated heterocycles. The summed E-state index contributed by atoms with van der Waals surface area (Å²) in [5, 5.41) is 6.97. The van der Waals surface area contributed by atoms with Gasteiger partial charge in [0, 0.05) is 54.7 Å². The molecule has 0 unspecified atom stereocenters. The van der Waals surface area contributed by atoms with Gasteiger partial charge in [-0.2, -0.15) is 0 Å². The lowest BCUT2D eigenvalue weighted by atomic mass is 9.93. The molecule has 4 nitrogen and oxygen atoms in total. The lowest BCUT2D eigenvalue weighted by molar-refractivity contribution is 0.666. The van der Waals surface area contributed by atoms with Crippen LogP contribution in [0.4, 0.5) is 0 Å². The third-order valence-corrected chi connectivity index (χ3v) is 11.5. The fourth-order valence-electron chi connectivity index (χ4n) is 9.05. The van der Waals surface area contributed by atoms with Gasteiger partial charge in [-0.1, -0.05) is 140 Å². The zero-order valence-electron chi connectivity index (χ0n) is 30.8.